The zero-order chi connectivity index (χ0) is 11.2. The topological polar surface area (TPSA) is 21.3 Å². The minimum atomic E-state index is 0.807. The van der Waals surface area contributed by atoms with E-state index in [9.17, 15) is 0 Å². The van der Waals surface area contributed by atoms with E-state index in [1.165, 1.54) is 51.5 Å². The maximum Gasteiger partial charge on any atom is 0.0469 e. The van der Waals surface area contributed by atoms with E-state index < -0.39 is 0 Å². The van der Waals surface area contributed by atoms with Crippen LogP contribution in [-0.4, -0.2) is 25.8 Å². The van der Waals surface area contributed by atoms with Gasteiger partial charge in [0.15, 0.2) is 0 Å². The van der Waals surface area contributed by atoms with Crippen LogP contribution < -0.4 is 5.32 Å². The maximum absolute atomic E-state index is 5.41. The van der Waals surface area contributed by atoms with Gasteiger partial charge in [0.2, 0.25) is 0 Å². The summed E-state index contributed by atoms with van der Waals surface area (Å²) in [6.07, 6.45) is 9.61. The first-order valence-electron chi connectivity index (χ1n) is 7.21. The Bertz CT molecular complexity index is 189. The van der Waals surface area contributed by atoms with Crippen molar-refractivity contribution in [3.05, 3.63) is 0 Å². The highest BCUT2D eigenvalue weighted by atomic mass is 16.5. The Hall–Kier alpha value is -0.0800. The number of ether oxygens (including phenoxy) is 1. The lowest BCUT2D eigenvalue weighted by atomic mass is 9.82. The van der Waals surface area contributed by atoms with E-state index in [2.05, 4.69) is 12.2 Å². The summed E-state index contributed by atoms with van der Waals surface area (Å²) in [5, 5.41) is 3.84. The fourth-order valence-electron chi connectivity index (χ4n) is 3.23. The maximum atomic E-state index is 5.41. The van der Waals surface area contributed by atoms with Crippen molar-refractivity contribution in [1.29, 1.82) is 0 Å². The van der Waals surface area contributed by atoms with Crippen molar-refractivity contribution < 1.29 is 4.74 Å². The van der Waals surface area contributed by atoms with Gasteiger partial charge in [-0.15, -0.1) is 0 Å². The van der Waals surface area contributed by atoms with Crippen molar-refractivity contribution in [3.63, 3.8) is 0 Å². The minimum absolute atomic E-state index is 0.807. The van der Waals surface area contributed by atoms with E-state index in [0.29, 0.717) is 0 Å². The molecule has 0 spiro atoms. The normalized spacial score (nSPS) is 32.8. The molecule has 2 unspecified atom stereocenters. The lowest BCUT2D eigenvalue weighted by Crippen LogP contribution is -2.41. The number of hydrogen-bond donors (Lipinski definition) is 1. The predicted molar refractivity (Wildman–Crippen MR) is 67.6 cm³/mol. The van der Waals surface area contributed by atoms with Gasteiger partial charge in [-0.25, -0.2) is 0 Å². The quantitative estimate of drug-likeness (QED) is 0.794. The molecule has 0 aromatic rings. The Morgan fingerprint density at radius 1 is 1.06 bits per heavy atom. The molecule has 0 aromatic carbocycles. The Balaban J connectivity index is 1.70. The Morgan fingerprint density at radius 3 is 2.56 bits per heavy atom. The smallest absolute Gasteiger partial charge is 0.0469 e. The highest BCUT2D eigenvalue weighted by molar-refractivity contribution is 4.81. The monoisotopic (exact) mass is 225 g/mol. The molecule has 0 amide bonds. The molecule has 2 fully saturated rings. The van der Waals surface area contributed by atoms with Gasteiger partial charge in [-0.2, -0.15) is 0 Å². The molecule has 1 saturated heterocycles. The minimum Gasteiger partial charge on any atom is -0.381 e. The van der Waals surface area contributed by atoms with E-state index in [-0.39, 0.29) is 0 Å². The second-order valence-corrected chi connectivity index (χ2v) is 5.52. The van der Waals surface area contributed by atoms with Crippen LogP contribution >= 0.6 is 0 Å². The van der Waals surface area contributed by atoms with Crippen LogP contribution in [0.5, 0.6) is 0 Å². The number of nitrogens with one attached hydrogen (secondary N) is 1. The van der Waals surface area contributed by atoms with Crippen LogP contribution in [0.3, 0.4) is 0 Å². The van der Waals surface area contributed by atoms with Gasteiger partial charge in [0.25, 0.3) is 0 Å². The molecule has 1 aliphatic carbocycles. The molecule has 1 N–H and O–H groups in total. The standard InChI is InChI=1S/C14H27NO/c1-2-13-5-3-4-6-14(13)15-11-12-7-9-16-10-8-12/h12-15H,2-11H2,1H3. The molecule has 0 bridgehead atoms. The molecule has 94 valence electrons. The van der Waals surface area contributed by atoms with Crippen molar-refractivity contribution in [3.8, 4) is 0 Å². The van der Waals surface area contributed by atoms with Crippen LogP contribution in [0.4, 0.5) is 0 Å². The SMILES string of the molecule is CCC1CCCCC1NCC1CCOCC1. The van der Waals surface area contributed by atoms with E-state index in [0.717, 1.165) is 31.1 Å². The molecule has 2 atom stereocenters. The first-order valence-corrected chi connectivity index (χ1v) is 7.21. The summed E-state index contributed by atoms with van der Waals surface area (Å²) in [4.78, 5) is 0. The summed E-state index contributed by atoms with van der Waals surface area (Å²) in [5.41, 5.74) is 0. The highest BCUT2D eigenvalue weighted by Gasteiger charge is 2.24. The molecule has 16 heavy (non-hydrogen) atoms. The van der Waals surface area contributed by atoms with Crippen LogP contribution in [-0.2, 0) is 4.74 Å². The van der Waals surface area contributed by atoms with E-state index in [1.54, 1.807) is 0 Å². The first-order chi connectivity index (χ1) is 7.90. The van der Waals surface area contributed by atoms with E-state index >= 15 is 0 Å². The third-order valence-corrected chi connectivity index (χ3v) is 4.44. The summed E-state index contributed by atoms with van der Waals surface area (Å²) in [5.74, 6) is 1.81. The van der Waals surface area contributed by atoms with Crippen molar-refractivity contribution in [2.24, 2.45) is 11.8 Å². The zero-order valence-electron chi connectivity index (χ0n) is 10.7. The average Bonchev–Trinajstić information content (AvgIpc) is 2.38. The Morgan fingerprint density at radius 2 is 1.81 bits per heavy atom. The predicted octanol–water partition coefficient (Wildman–Crippen LogP) is 2.97. The molecule has 1 aliphatic heterocycles. The summed E-state index contributed by atoms with van der Waals surface area (Å²) < 4.78 is 5.41. The number of hydrogen-bond acceptors (Lipinski definition) is 2. The van der Waals surface area contributed by atoms with Gasteiger partial charge in [-0.3, -0.25) is 0 Å². The summed E-state index contributed by atoms with van der Waals surface area (Å²) in [6.45, 7) is 5.53. The van der Waals surface area contributed by atoms with Gasteiger partial charge < -0.3 is 10.1 Å². The van der Waals surface area contributed by atoms with Gasteiger partial charge in [0, 0.05) is 19.3 Å². The third kappa shape index (κ3) is 3.46. The summed E-state index contributed by atoms with van der Waals surface area (Å²) in [6, 6.07) is 0.807. The second kappa shape index (κ2) is 6.61. The van der Waals surface area contributed by atoms with Crippen molar-refractivity contribution >= 4 is 0 Å². The van der Waals surface area contributed by atoms with E-state index in [1.807, 2.05) is 0 Å². The summed E-state index contributed by atoms with van der Waals surface area (Å²) >= 11 is 0. The lowest BCUT2D eigenvalue weighted by Gasteiger charge is -2.33. The fraction of sp³-hybridized carbons (Fsp3) is 1.00. The van der Waals surface area contributed by atoms with Crippen LogP contribution in [0.25, 0.3) is 0 Å². The molecule has 1 saturated carbocycles. The molecular weight excluding hydrogens is 198 g/mol. The Labute approximate surface area is 100 Å². The molecule has 2 rings (SSSR count). The molecule has 0 aromatic heterocycles. The van der Waals surface area contributed by atoms with Crippen LogP contribution in [0, 0.1) is 11.8 Å². The van der Waals surface area contributed by atoms with Crippen LogP contribution in [0.15, 0.2) is 0 Å². The highest BCUT2D eigenvalue weighted by Crippen LogP contribution is 2.27. The van der Waals surface area contributed by atoms with Gasteiger partial charge in [-0.05, 0) is 44.1 Å². The molecule has 0 radical (unpaired) electrons. The third-order valence-electron chi connectivity index (χ3n) is 4.44. The molecule has 2 aliphatic rings. The molecule has 2 nitrogen and oxygen atoms in total. The summed E-state index contributed by atoms with van der Waals surface area (Å²) in [7, 11) is 0. The van der Waals surface area contributed by atoms with Crippen LogP contribution in [0.2, 0.25) is 0 Å². The fourth-order valence-corrected chi connectivity index (χ4v) is 3.23. The largest absolute Gasteiger partial charge is 0.381 e. The van der Waals surface area contributed by atoms with Gasteiger partial charge in [-0.1, -0.05) is 26.2 Å². The lowest BCUT2D eigenvalue weighted by molar-refractivity contribution is 0.0638. The molecule has 1 heterocycles. The van der Waals surface area contributed by atoms with Gasteiger partial charge in [0.05, 0.1) is 0 Å². The molecule has 2 heteroatoms. The van der Waals surface area contributed by atoms with Gasteiger partial charge in [0.1, 0.15) is 0 Å². The van der Waals surface area contributed by atoms with Crippen molar-refractivity contribution in [1.82, 2.24) is 5.32 Å². The van der Waals surface area contributed by atoms with Gasteiger partial charge >= 0.3 is 0 Å². The van der Waals surface area contributed by atoms with Crippen molar-refractivity contribution in [2.45, 2.75) is 57.9 Å². The van der Waals surface area contributed by atoms with Crippen LogP contribution in [0.1, 0.15) is 51.9 Å². The van der Waals surface area contributed by atoms with E-state index in [4.69, 9.17) is 4.74 Å². The first kappa shape index (κ1) is 12.4. The zero-order valence-corrected chi connectivity index (χ0v) is 10.7. The average molecular weight is 225 g/mol. The Kier molecular flexibility index (Phi) is 5.11. The number of rotatable bonds is 4. The second-order valence-electron chi connectivity index (χ2n) is 5.52. The van der Waals surface area contributed by atoms with Crippen molar-refractivity contribution in [2.75, 3.05) is 19.8 Å². The molecular formula is C14H27NO.